The molecule has 1 nitrogen and oxygen atoms in total. The SMILES string of the molecule is c1ccc(-c2ccc(N(c3ccc(-c4ccc5c(sc6ccccc65)c4-c4ccccc4)cc3)c3ccc4c(c3)C3(c5ccccc5-c5ccccc53)c3ccccc3-4)cc2)cc1. The largest absolute Gasteiger partial charge is 0.310 e. The van der Waals surface area contributed by atoms with Crippen LogP contribution >= 0.6 is 11.3 Å². The van der Waals surface area contributed by atoms with Gasteiger partial charge >= 0.3 is 0 Å². The first-order valence-corrected chi connectivity index (χ1v) is 22.6. The van der Waals surface area contributed by atoms with E-state index in [0.717, 1.165) is 17.1 Å². The predicted octanol–water partition coefficient (Wildman–Crippen LogP) is 16.9. The van der Waals surface area contributed by atoms with Crippen LogP contribution in [0.25, 0.3) is 75.8 Å². The van der Waals surface area contributed by atoms with Gasteiger partial charge < -0.3 is 4.90 Å². The van der Waals surface area contributed by atoms with Crippen LogP contribution in [0.2, 0.25) is 0 Å². The molecule has 0 unspecified atom stereocenters. The maximum absolute atomic E-state index is 2.48. The van der Waals surface area contributed by atoms with Gasteiger partial charge in [-0.2, -0.15) is 0 Å². The van der Waals surface area contributed by atoms with Gasteiger partial charge in [-0.15, -0.1) is 11.3 Å². The molecule has 0 bridgehead atoms. The zero-order valence-corrected chi connectivity index (χ0v) is 35.2. The molecule has 10 aromatic carbocycles. The molecule has 0 saturated heterocycles. The Hall–Kier alpha value is -7.78. The fraction of sp³-hybridized carbons (Fsp3) is 0.0164. The highest BCUT2D eigenvalue weighted by molar-refractivity contribution is 7.26. The summed E-state index contributed by atoms with van der Waals surface area (Å²) in [5.74, 6) is 0. The highest BCUT2D eigenvalue weighted by atomic mass is 32.1. The zero-order valence-electron chi connectivity index (χ0n) is 34.4. The van der Waals surface area contributed by atoms with Crippen LogP contribution in [-0.4, -0.2) is 0 Å². The summed E-state index contributed by atoms with van der Waals surface area (Å²) in [6.45, 7) is 0. The van der Waals surface area contributed by atoms with Crippen molar-refractivity contribution < 1.29 is 0 Å². The first-order chi connectivity index (χ1) is 31.3. The quantitative estimate of drug-likeness (QED) is 0.162. The van der Waals surface area contributed by atoms with E-state index in [0.29, 0.717) is 0 Å². The monoisotopic (exact) mass is 817 g/mol. The number of fused-ring (bicyclic) bond motifs is 13. The van der Waals surface area contributed by atoms with Gasteiger partial charge in [0.05, 0.1) is 5.41 Å². The minimum Gasteiger partial charge on any atom is -0.310 e. The molecule has 0 aliphatic heterocycles. The van der Waals surface area contributed by atoms with Crippen molar-refractivity contribution in [1.82, 2.24) is 0 Å². The van der Waals surface area contributed by atoms with Crippen molar-refractivity contribution in [1.29, 1.82) is 0 Å². The van der Waals surface area contributed by atoms with E-state index in [4.69, 9.17) is 0 Å². The van der Waals surface area contributed by atoms with E-state index in [-0.39, 0.29) is 0 Å². The maximum atomic E-state index is 2.48. The lowest BCUT2D eigenvalue weighted by Crippen LogP contribution is -2.26. The number of thiophene rings is 1. The van der Waals surface area contributed by atoms with Crippen molar-refractivity contribution in [2.75, 3.05) is 4.90 Å². The Kier molecular flexibility index (Phi) is 8.06. The van der Waals surface area contributed by atoms with Gasteiger partial charge in [-0.25, -0.2) is 0 Å². The highest BCUT2D eigenvalue weighted by Gasteiger charge is 2.51. The Morgan fingerprint density at radius 2 is 0.762 bits per heavy atom. The maximum Gasteiger partial charge on any atom is 0.0726 e. The number of nitrogens with zero attached hydrogens (tertiary/aromatic N) is 1. The summed E-state index contributed by atoms with van der Waals surface area (Å²) in [5.41, 5.74) is 20.9. The average molecular weight is 818 g/mol. The first kappa shape index (κ1) is 35.9. The van der Waals surface area contributed by atoms with Gasteiger partial charge in [0.1, 0.15) is 0 Å². The lowest BCUT2D eigenvalue weighted by atomic mass is 9.70. The van der Waals surface area contributed by atoms with E-state index in [1.54, 1.807) is 0 Å². The Balaban J connectivity index is 0.999. The van der Waals surface area contributed by atoms with Crippen LogP contribution in [0, 0.1) is 0 Å². The van der Waals surface area contributed by atoms with Crippen LogP contribution in [0.4, 0.5) is 17.1 Å². The molecule has 63 heavy (non-hydrogen) atoms. The van der Waals surface area contributed by atoms with Gasteiger partial charge in [0.15, 0.2) is 0 Å². The first-order valence-electron chi connectivity index (χ1n) is 21.8. The normalized spacial score (nSPS) is 12.9. The number of benzene rings is 10. The molecular formula is C61H39NS. The number of hydrogen-bond donors (Lipinski definition) is 0. The fourth-order valence-corrected chi connectivity index (χ4v) is 12.1. The predicted molar refractivity (Wildman–Crippen MR) is 267 cm³/mol. The van der Waals surface area contributed by atoms with Crippen molar-refractivity contribution in [3.63, 3.8) is 0 Å². The molecule has 1 heterocycles. The molecule has 0 radical (unpaired) electrons. The van der Waals surface area contributed by atoms with Crippen LogP contribution in [-0.2, 0) is 5.41 Å². The van der Waals surface area contributed by atoms with Crippen LogP contribution < -0.4 is 4.90 Å². The molecule has 294 valence electrons. The third-order valence-corrected chi connectivity index (χ3v) is 14.7. The number of hydrogen-bond acceptors (Lipinski definition) is 2. The standard InChI is InChI=1S/C61H39NS/c1-3-15-40(16-4-1)41-27-31-44(32-28-41)62(45-33-29-42(30-34-45)47-37-38-53-52-22-10-14-26-58(52)63-60(53)59(47)43-17-5-2-6-18-43)46-35-36-51-50-21-9-13-25-56(50)61(57(51)39-46)54-23-11-7-19-48(54)49-20-8-12-24-55(49)61/h1-39H. The van der Waals surface area contributed by atoms with E-state index in [2.05, 4.69) is 241 Å². The van der Waals surface area contributed by atoms with Crippen molar-refractivity contribution in [2.45, 2.75) is 5.41 Å². The van der Waals surface area contributed by atoms with Crippen LogP contribution in [0.15, 0.2) is 237 Å². The van der Waals surface area contributed by atoms with Crippen molar-refractivity contribution >= 4 is 48.6 Å². The van der Waals surface area contributed by atoms with Crippen LogP contribution in [0.3, 0.4) is 0 Å². The molecule has 11 aromatic rings. The summed E-state index contributed by atoms with van der Waals surface area (Å²) < 4.78 is 2.64. The Bertz CT molecular complexity index is 3480. The summed E-state index contributed by atoms with van der Waals surface area (Å²) in [7, 11) is 0. The van der Waals surface area contributed by atoms with Gasteiger partial charge in [0.25, 0.3) is 0 Å². The second kappa shape index (κ2) is 14.1. The Morgan fingerprint density at radius 1 is 0.302 bits per heavy atom. The van der Waals surface area contributed by atoms with E-state index in [1.807, 2.05) is 11.3 Å². The van der Waals surface area contributed by atoms with Gasteiger partial charge in [-0.05, 0) is 115 Å². The molecule has 2 heteroatoms. The molecule has 0 saturated carbocycles. The molecule has 0 atom stereocenters. The van der Waals surface area contributed by atoms with Gasteiger partial charge in [0.2, 0.25) is 0 Å². The molecule has 2 aliphatic carbocycles. The Morgan fingerprint density at radius 3 is 1.38 bits per heavy atom. The molecule has 1 spiro atoms. The third kappa shape index (κ3) is 5.35. The minimum atomic E-state index is -0.430. The topological polar surface area (TPSA) is 3.24 Å². The molecule has 13 rings (SSSR count). The van der Waals surface area contributed by atoms with Crippen LogP contribution in [0.1, 0.15) is 22.3 Å². The third-order valence-electron chi connectivity index (χ3n) is 13.5. The van der Waals surface area contributed by atoms with E-state index in [9.17, 15) is 0 Å². The molecule has 0 amide bonds. The molecule has 0 fully saturated rings. The lowest BCUT2D eigenvalue weighted by Gasteiger charge is -2.32. The molecule has 2 aliphatic rings. The summed E-state index contributed by atoms with van der Waals surface area (Å²) in [4.78, 5) is 2.44. The number of anilines is 3. The average Bonchev–Trinajstić information content (AvgIpc) is 3.99. The van der Waals surface area contributed by atoms with Crippen LogP contribution in [0.5, 0.6) is 0 Å². The van der Waals surface area contributed by atoms with Gasteiger partial charge in [-0.3, -0.25) is 0 Å². The van der Waals surface area contributed by atoms with Crippen molar-refractivity contribution in [3.8, 4) is 55.6 Å². The zero-order chi connectivity index (χ0) is 41.5. The minimum absolute atomic E-state index is 0.430. The second-order valence-corrected chi connectivity index (χ2v) is 17.8. The molecule has 0 N–H and O–H groups in total. The van der Waals surface area contributed by atoms with Crippen molar-refractivity contribution in [3.05, 3.63) is 259 Å². The van der Waals surface area contributed by atoms with Gasteiger partial charge in [0, 0.05) is 42.8 Å². The van der Waals surface area contributed by atoms with Crippen molar-refractivity contribution in [2.24, 2.45) is 0 Å². The highest BCUT2D eigenvalue weighted by Crippen LogP contribution is 2.63. The number of rotatable bonds is 6. The van der Waals surface area contributed by atoms with E-state index in [1.165, 1.54) is 98.1 Å². The summed E-state index contributed by atoms with van der Waals surface area (Å²) >= 11 is 1.89. The second-order valence-electron chi connectivity index (χ2n) is 16.7. The summed E-state index contributed by atoms with van der Waals surface area (Å²) in [6, 6.07) is 87.6. The van der Waals surface area contributed by atoms with E-state index < -0.39 is 5.41 Å². The van der Waals surface area contributed by atoms with Gasteiger partial charge in [-0.1, -0.05) is 194 Å². The lowest BCUT2D eigenvalue weighted by molar-refractivity contribution is 0.793. The summed E-state index contributed by atoms with van der Waals surface area (Å²) in [5, 5.41) is 2.62. The van der Waals surface area contributed by atoms with E-state index >= 15 is 0 Å². The Labute approximate surface area is 371 Å². The smallest absolute Gasteiger partial charge is 0.0726 e. The molecule has 1 aromatic heterocycles. The molecular weight excluding hydrogens is 779 g/mol. The summed E-state index contributed by atoms with van der Waals surface area (Å²) in [6.07, 6.45) is 0. The fourth-order valence-electron chi connectivity index (χ4n) is 10.8.